The SMILES string of the molecule is NCCNC(=O)c1nc2cc(I)ccc2[nH]1. The Hall–Kier alpha value is -1.15. The van der Waals surface area contributed by atoms with E-state index in [-0.39, 0.29) is 5.91 Å². The van der Waals surface area contributed by atoms with E-state index in [4.69, 9.17) is 5.73 Å². The van der Waals surface area contributed by atoms with E-state index in [1.807, 2.05) is 18.2 Å². The van der Waals surface area contributed by atoms with Crippen molar-refractivity contribution < 1.29 is 4.79 Å². The summed E-state index contributed by atoms with van der Waals surface area (Å²) in [6.45, 7) is 0.872. The fourth-order valence-electron chi connectivity index (χ4n) is 1.36. The molecule has 0 saturated heterocycles. The van der Waals surface area contributed by atoms with Crippen LogP contribution in [-0.4, -0.2) is 29.0 Å². The third-order valence-electron chi connectivity index (χ3n) is 2.09. The summed E-state index contributed by atoms with van der Waals surface area (Å²) in [5.74, 6) is 0.0992. The number of benzene rings is 1. The number of hydrogen-bond donors (Lipinski definition) is 3. The van der Waals surface area contributed by atoms with Gasteiger partial charge in [0, 0.05) is 16.7 Å². The first-order valence-electron chi connectivity index (χ1n) is 4.84. The summed E-state index contributed by atoms with van der Waals surface area (Å²) in [6, 6.07) is 5.79. The van der Waals surface area contributed by atoms with E-state index in [0.29, 0.717) is 18.9 Å². The largest absolute Gasteiger partial charge is 0.348 e. The number of aromatic amines is 1. The van der Waals surface area contributed by atoms with Gasteiger partial charge < -0.3 is 16.0 Å². The first kappa shape index (κ1) is 11.3. The number of amides is 1. The maximum Gasteiger partial charge on any atom is 0.287 e. The summed E-state index contributed by atoms with van der Waals surface area (Å²) in [7, 11) is 0. The number of aromatic nitrogens is 2. The number of nitrogens with one attached hydrogen (secondary N) is 2. The first-order chi connectivity index (χ1) is 7.70. The van der Waals surface area contributed by atoms with Gasteiger partial charge in [0.05, 0.1) is 11.0 Å². The predicted molar refractivity (Wildman–Crippen MR) is 70.2 cm³/mol. The molecule has 0 bridgehead atoms. The second kappa shape index (κ2) is 4.79. The Morgan fingerprint density at radius 2 is 2.38 bits per heavy atom. The Labute approximate surface area is 106 Å². The smallest absolute Gasteiger partial charge is 0.287 e. The number of carbonyl (C=O) groups is 1. The van der Waals surface area contributed by atoms with Gasteiger partial charge in [0.2, 0.25) is 0 Å². The molecule has 2 rings (SSSR count). The number of nitrogens with two attached hydrogens (primary N) is 1. The monoisotopic (exact) mass is 330 g/mol. The van der Waals surface area contributed by atoms with Crippen molar-refractivity contribution in [3.63, 3.8) is 0 Å². The van der Waals surface area contributed by atoms with Crippen LogP contribution in [0, 0.1) is 3.57 Å². The molecule has 0 unspecified atom stereocenters. The van der Waals surface area contributed by atoms with Crippen molar-refractivity contribution in [1.82, 2.24) is 15.3 Å². The highest BCUT2D eigenvalue weighted by Gasteiger charge is 2.10. The zero-order valence-electron chi connectivity index (χ0n) is 8.46. The molecule has 4 N–H and O–H groups in total. The van der Waals surface area contributed by atoms with Gasteiger partial charge in [0.1, 0.15) is 0 Å². The van der Waals surface area contributed by atoms with Crippen molar-refractivity contribution in [2.45, 2.75) is 0 Å². The minimum absolute atomic E-state index is 0.225. The van der Waals surface area contributed by atoms with Gasteiger partial charge in [0.15, 0.2) is 5.82 Å². The molecule has 6 heteroatoms. The van der Waals surface area contributed by atoms with Crippen LogP contribution in [0.4, 0.5) is 0 Å². The molecule has 84 valence electrons. The molecule has 16 heavy (non-hydrogen) atoms. The third-order valence-corrected chi connectivity index (χ3v) is 2.76. The van der Waals surface area contributed by atoms with E-state index in [2.05, 4.69) is 37.9 Å². The molecule has 2 aromatic rings. The summed E-state index contributed by atoms with van der Waals surface area (Å²) < 4.78 is 1.09. The maximum absolute atomic E-state index is 11.6. The Kier molecular flexibility index (Phi) is 3.39. The number of nitrogens with zero attached hydrogens (tertiary/aromatic N) is 1. The van der Waals surface area contributed by atoms with Crippen LogP contribution in [0.1, 0.15) is 10.6 Å². The zero-order chi connectivity index (χ0) is 11.5. The number of fused-ring (bicyclic) bond motifs is 1. The maximum atomic E-state index is 11.6. The molecule has 0 aliphatic carbocycles. The van der Waals surface area contributed by atoms with Crippen LogP contribution >= 0.6 is 22.6 Å². The molecule has 5 nitrogen and oxygen atoms in total. The van der Waals surface area contributed by atoms with Crippen molar-refractivity contribution in [1.29, 1.82) is 0 Å². The lowest BCUT2D eigenvalue weighted by molar-refractivity contribution is 0.0945. The highest BCUT2D eigenvalue weighted by atomic mass is 127. The van der Waals surface area contributed by atoms with Crippen LogP contribution in [0.2, 0.25) is 0 Å². The number of carbonyl (C=O) groups excluding carboxylic acids is 1. The van der Waals surface area contributed by atoms with Crippen LogP contribution in [0.25, 0.3) is 11.0 Å². The van der Waals surface area contributed by atoms with E-state index >= 15 is 0 Å². The van der Waals surface area contributed by atoms with Crippen LogP contribution < -0.4 is 11.1 Å². The van der Waals surface area contributed by atoms with Crippen LogP contribution in [0.15, 0.2) is 18.2 Å². The normalized spacial score (nSPS) is 10.6. The lowest BCUT2D eigenvalue weighted by Crippen LogP contribution is -2.29. The van der Waals surface area contributed by atoms with Crippen LogP contribution in [-0.2, 0) is 0 Å². The number of hydrogen-bond acceptors (Lipinski definition) is 3. The molecule has 0 radical (unpaired) electrons. The van der Waals surface area contributed by atoms with Crippen LogP contribution in [0.3, 0.4) is 0 Å². The molecule has 0 spiro atoms. The molecule has 0 fully saturated rings. The highest BCUT2D eigenvalue weighted by molar-refractivity contribution is 14.1. The van der Waals surface area contributed by atoms with Gasteiger partial charge in [-0.15, -0.1) is 0 Å². The van der Waals surface area contributed by atoms with Crippen LogP contribution in [0.5, 0.6) is 0 Å². The lowest BCUT2D eigenvalue weighted by Gasteiger charge is -1.98. The summed E-state index contributed by atoms with van der Waals surface area (Å²) in [5, 5.41) is 2.66. The van der Waals surface area contributed by atoms with E-state index in [1.165, 1.54) is 0 Å². The average Bonchev–Trinajstić information content (AvgIpc) is 2.68. The minimum atomic E-state index is -0.225. The first-order valence-corrected chi connectivity index (χ1v) is 5.92. The molecule has 0 aliphatic rings. The van der Waals surface area contributed by atoms with Gasteiger partial charge in [-0.25, -0.2) is 4.98 Å². The average molecular weight is 330 g/mol. The van der Waals surface area contributed by atoms with Gasteiger partial charge >= 0.3 is 0 Å². The Morgan fingerprint density at radius 3 is 3.12 bits per heavy atom. The van der Waals surface area contributed by atoms with Crippen molar-refractivity contribution in [3.8, 4) is 0 Å². The highest BCUT2D eigenvalue weighted by Crippen LogP contribution is 2.14. The van der Waals surface area contributed by atoms with Gasteiger partial charge in [-0.1, -0.05) is 0 Å². The fraction of sp³-hybridized carbons (Fsp3) is 0.200. The van der Waals surface area contributed by atoms with Gasteiger partial charge in [-0.3, -0.25) is 4.79 Å². The quantitative estimate of drug-likeness (QED) is 0.730. The van der Waals surface area contributed by atoms with Crippen molar-refractivity contribution in [2.24, 2.45) is 5.73 Å². The Morgan fingerprint density at radius 1 is 1.56 bits per heavy atom. The summed E-state index contributed by atoms with van der Waals surface area (Å²) in [4.78, 5) is 18.8. The second-order valence-corrected chi connectivity index (χ2v) is 4.54. The van der Waals surface area contributed by atoms with E-state index in [9.17, 15) is 4.79 Å². The molecule has 1 aromatic heterocycles. The molecular formula is C10H11IN4O. The Balaban J connectivity index is 2.28. The summed E-state index contributed by atoms with van der Waals surface area (Å²) in [6.07, 6.45) is 0. The van der Waals surface area contributed by atoms with Crippen molar-refractivity contribution >= 4 is 39.5 Å². The minimum Gasteiger partial charge on any atom is -0.348 e. The van der Waals surface area contributed by atoms with E-state index in [0.717, 1.165) is 14.6 Å². The molecule has 0 atom stereocenters. The predicted octanol–water partition coefficient (Wildman–Crippen LogP) is 0.856. The summed E-state index contributed by atoms with van der Waals surface area (Å²) >= 11 is 2.21. The number of rotatable bonds is 3. The molecule has 0 saturated carbocycles. The second-order valence-electron chi connectivity index (χ2n) is 3.29. The van der Waals surface area contributed by atoms with E-state index in [1.54, 1.807) is 0 Å². The molecule has 1 amide bonds. The standard InChI is InChI=1S/C10H11IN4O/c11-6-1-2-7-8(5-6)15-9(14-7)10(16)13-4-3-12/h1-2,5H,3-4,12H2,(H,13,16)(H,14,15). The Bertz CT molecular complexity index is 523. The zero-order valence-corrected chi connectivity index (χ0v) is 10.6. The van der Waals surface area contributed by atoms with Gasteiger partial charge in [-0.05, 0) is 40.8 Å². The number of imidazole rings is 1. The number of H-pyrrole nitrogens is 1. The molecule has 1 heterocycles. The third kappa shape index (κ3) is 2.33. The van der Waals surface area contributed by atoms with Gasteiger partial charge in [-0.2, -0.15) is 0 Å². The molecule has 0 aliphatic heterocycles. The molecule has 1 aromatic carbocycles. The fourth-order valence-corrected chi connectivity index (χ4v) is 1.83. The van der Waals surface area contributed by atoms with Crippen molar-refractivity contribution in [2.75, 3.05) is 13.1 Å². The lowest BCUT2D eigenvalue weighted by atomic mass is 10.3. The van der Waals surface area contributed by atoms with Gasteiger partial charge in [0.25, 0.3) is 5.91 Å². The van der Waals surface area contributed by atoms with Crippen molar-refractivity contribution in [3.05, 3.63) is 27.6 Å². The summed E-state index contributed by atoms with van der Waals surface area (Å²) in [5.41, 5.74) is 6.96. The number of halogens is 1. The topological polar surface area (TPSA) is 83.8 Å². The molecular weight excluding hydrogens is 319 g/mol. The van der Waals surface area contributed by atoms with E-state index < -0.39 is 0 Å².